The van der Waals surface area contributed by atoms with Gasteiger partial charge in [0.25, 0.3) is 0 Å². The molecule has 0 aliphatic carbocycles. The van der Waals surface area contributed by atoms with Gasteiger partial charge in [-0.05, 0) is 40.5 Å². The molecule has 108 valence electrons. The summed E-state index contributed by atoms with van der Waals surface area (Å²) in [6.45, 7) is 2.60. The molecule has 4 nitrogen and oxygen atoms in total. The zero-order valence-corrected chi connectivity index (χ0v) is 13.1. The van der Waals surface area contributed by atoms with Gasteiger partial charge in [0.05, 0.1) is 5.71 Å². The molecule has 3 rings (SSSR count). The first kappa shape index (κ1) is 13.9. The van der Waals surface area contributed by atoms with Crippen LogP contribution in [0.3, 0.4) is 0 Å². The summed E-state index contributed by atoms with van der Waals surface area (Å²) in [7, 11) is 0. The van der Waals surface area contributed by atoms with Gasteiger partial charge in [0.2, 0.25) is 6.79 Å². The molecule has 0 saturated heterocycles. The van der Waals surface area contributed by atoms with Gasteiger partial charge in [-0.1, -0.05) is 35.5 Å². The summed E-state index contributed by atoms with van der Waals surface area (Å²) < 4.78 is 11.6. The van der Waals surface area contributed by atoms with Gasteiger partial charge >= 0.3 is 0 Å². The number of nitrogens with zero attached hydrogens (tertiary/aromatic N) is 1. The highest BCUT2D eigenvalue weighted by molar-refractivity contribution is 9.10. The van der Waals surface area contributed by atoms with Gasteiger partial charge in [-0.2, -0.15) is 0 Å². The Bertz CT molecular complexity index is 671. The van der Waals surface area contributed by atoms with Crippen molar-refractivity contribution in [1.29, 1.82) is 0 Å². The lowest BCUT2D eigenvalue weighted by Gasteiger charge is -2.06. The van der Waals surface area contributed by atoms with Crippen LogP contribution >= 0.6 is 15.9 Å². The van der Waals surface area contributed by atoms with Gasteiger partial charge < -0.3 is 14.3 Å². The van der Waals surface area contributed by atoms with Crippen LogP contribution in [0.4, 0.5) is 0 Å². The second-order valence-corrected chi connectivity index (χ2v) is 5.48. The second kappa shape index (κ2) is 6.18. The van der Waals surface area contributed by atoms with Crippen LogP contribution in [0.5, 0.6) is 11.5 Å². The van der Waals surface area contributed by atoms with E-state index < -0.39 is 0 Å². The standard InChI is InChI=1S/C16H14BrNO3/c1-11(18-21-9-12-5-3-2-4-6-12)13-7-15-16(8-14(13)17)20-10-19-15/h2-8H,9-10H2,1H3/b18-11+. The summed E-state index contributed by atoms with van der Waals surface area (Å²) >= 11 is 3.52. The first-order chi connectivity index (χ1) is 10.2. The predicted molar refractivity (Wildman–Crippen MR) is 83.7 cm³/mol. The van der Waals surface area contributed by atoms with Crippen molar-refractivity contribution in [2.75, 3.05) is 6.79 Å². The molecular formula is C16H14BrNO3. The number of fused-ring (bicyclic) bond motifs is 1. The SMILES string of the molecule is C/C(=N\OCc1ccccc1)c1cc2c(cc1Br)OCO2. The maximum Gasteiger partial charge on any atom is 0.231 e. The average Bonchev–Trinajstić information content (AvgIpc) is 2.94. The molecule has 0 amide bonds. The van der Waals surface area contributed by atoms with Crippen LogP contribution in [0.25, 0.3) is 0 Å². The van der Waals surface area contributed by atoms with Gasteiger partial charge in [0, 0.05) is 10.0 Å². The van der Waals surface area contributed by atoms with Crippen LogP contribution in [0.15, 0.2) is 52.1 Å². The number of benzene rings is 2. The maximum absolute atomic E-state index is 5.41. The third kappa shape index (κ3) is 3.19. The van der Waals surface area contributed by atoms with E-state index in [1.807, 2.05) is 49.4 Å². The summed E-state index contributed by atoms with van der Waals surface area (Å²) in [6.07, 6.45) is 0. The highest BCUT2D eigenvalue weighted by Crippen LogP contribution is 2.37. The Morgan fingerprint density at radius 1 is 1.19 bits per heavy atom. The van der Waals surface area contributed by atoms with Crippen molar-refractivity contribution in [2.45, 2.75) is 13.5 Å². The summed E-state index contributed by atoms with van der Waals surface area (Å²) in [5, 5.41) is 4.17. The largest absolute Gasteiger partial charge is 0.454 e. The molecule has 0 spiro atoms. The molecule has 21 heavy (non-hydrogen) atoms. The quantitative estimate of drug-likeness (QED) is 0.616. The number of halogens is 1. The Labute approximate surface area is 131 Å². The Kier molecular flexibility index (Phi) is 4.10. The van der Waals surface area contributed by atoms with Crippen molar-refractivity contribution in [3.8, 4) is 11.5 Å². The zero-order valence-electron chi connectivity index (χ0n) is 11.5. The smallest absolute Gasteiger partial charge is 0.231 e. The fourth-order valence-electron chi connectivity index (χ4n) is 2.02. The third-order valence-corrected chi connectivity index (χ3v) is 3.78. The Balaban J connectivity index is 1.73. The maximum atomic E-state index is 5.41. The van der Waals surface area contributed by atoms with E-state index in [2.05, 4.69) is 21.1 Å². The molecule has 2 aromatic rings. The first-order valence-electron chi connectivity index (χ1n) is 6.54. The predicted octanol–water partition coefficient (Wildman–Crippen LogP) is 4.12. The minimum atomic E-state index is 0.256. The molecule has 1 aliphatic heterocycles. The lowest BCUT2D eigenvalue weighted by atomic mass is 10.1. The van der Waals surface area contributed by atoms with E-state index in [0.29, 0.717) is 6.61 Å². The minimum Gasteiger partial charge on any atom is -0.454 e. The van der Waals surface area contributed by atoms with Gasteiger partial charge in [-0.25, -0.2) is 0 Å². The number of hydrogen-bond acceptors (Lipinski definition) is 4. The van der Waals surface area contributed by atoms with E-state index in [4.69, 9.17) is 14.3 Å². The Hall–Kier alpha value is -2.01. The monoisotopic (exact) mass is 347 g/mol. The Morgan fingerprint density at radius 3 is 2.67 bits per heavy atom. The second-order valence-electron chi connectivity index (χ2n) is 4.62. The van der Waals surface area contributed by atoms with Crippen molar-refractivity contribution in [3.63, 3.8) is 0 Å². The van der Waals surface area contributed by atoms with E-state index in [-0.39, 0.29) is 6.79 Å². The fraction of sp³-hybridized carbons (Fsp3) is 0.188. The van der Waals surface area contributed by atoms with Crippen molar-refractivity contribution in [2.24, 2.45) is 5.16 Å². The highest BCUT2D eigenvalue weighted by Gasteiger charge is 2.17. The topological polar surface area (TPSA) is 40.0 Å². The number of oxime groups is 1. The Morgan fingerprint density at radius 2 is 1.90 bits per heavy atom. The van der Waals surface area contributed by atoms with E-state index in [9.17, 15) is 0 Å². The summed E-state index contributed by atoms with van der Waals surface area (Å²) in [5.41, 5.74) is 2.78. The molecule has 2 aromatic carbocycles. The normalized spacial score (nSPS) is 13.3. The number of ether oxygens (including phenoxy) is 2. The zero-order chi connectivity index (χ0) is 14.7. The van der Waals surface area contributed by atoms with E-state index in [1.165, 1.54) is 0 Å². The van der Waals surface area contributed by atoms with Crippen LogP contribution in [0.2, 0.25) is 0 Å². The van der Waals surface area contributed by atoms with E-state index in [1.54, 1.807) is 0 Å². The summed E-state index contributed by atoms with van der Waals surface area (Å²) in [4.78, 5) is 5.41. The third-order valence-electron chi connectivity index (χ3n) is 3.13. The van der Waals surface area contributed by atoms with Crippen molar-refractivity contribution < 1.29 is 14.3 Å². The lowest BCUT2D eigenvalue weighted by Crippen LogP contribution is -1.98. The average molecular weight is 348 g/mol. The van der Waals surface area contributed by atoms with Crippen LogP contribution in [0, 0.1) is 0 Å². The molecule has 5 heteroatoms. The highest BCUT2D eigenvalue weighted by atomic mass is 79.9. The molecule has 0 aromatic heterocycles. The van der Waals surface area contributed by atoms with Gasteiger partial charge in [-0.3, -0.25) is 0 Å². The van der Waals surface area contributed by atoms with Gasteiger partial charge in [0.15, 0.2) is 11.5 Å². The fourth-order valence-corrected chi connectivity index (χ4v) is 2.63. The van der Waals surface area contributed by atoms with Crippen LogP contribution < -0.4 is 9.47 Å². The first-order valence-corrected chi connectivity index (χ1v) is 7.33. The van der Waals surface area contributed by atoms with Crippen molar-refractivity contribution >= 4 is 21.6 Å². The molecule has 0 N–H and O–H groups in total. The number of rotatable bonds is 4. The summed E-state index contributed by atoms with van der Waals surface area (Å²) in [6, 6.07) is 13.7. The van der Waals surface area contributed by atoms with E-state index in [0.717, 1.165) is 32.8 Å². The molecule has 0 fully saturated rings. The molecule has 0 radical (unpaired) electrons. The van der Waals surface area contributed by atoms with Crippen LogP contribution in [-0.4, -0.2) is 12.5 Å². The van der Waals surface area contributed by atoms with E-state index >= 15 is 0 Å². The molecule has 0 saturated carbocycles. The molecule has 0 unspecified atom stereocenters. The molecule has 1 heterocycles. The summed E-state index contributed by atoms with van der Waals surface area (Å²) in [5.74, 6) is 1.47. The van der Waals surface area contributed by atoms with Crippen LogP contribution in [0.1, 0.15) is 18.1 Å². The van der Waals surface area contributed by atoms with Crippen LogP contribution in [-0.2, 0) is 11.4 Å². The minimum absolute atomic E-state index is 0.256. The van der Waals surface area contributed by atoms with Crippen molar-refractivity contribution in [3.05, 3.63) is 58.1 Å². The molecular weight excluding hydrogens is 334 g/mol. The molecule has 0 bridgehead atoms. The van der Waals surface area contributed by atoms with Gasteiger partial charge in [0.1, 0.15) is 6.61 Å². The van der Waals surface area contributed by atoms with Crippen molar-refractivity contribution in [1.82, 2.24) is 0 Å². The molecule has 1 aliphatic rings. The lowest BCUT2D eigenvalue weighted by molar-refractivity contribution is 0.130. The van der Waals surface area contributed by atoms with Gasteiger partial charge in [-0.15, -0.1) is 0 Å². The number of hydrogen-bond donors (Lipinski definition) is 0. The molecule has 0 atom stereocenters.